The predicted octanol–water partition coefficient (Wildman–Crippen LogP) is 1.41. The van der Waals surface area contributed by atoms with Gasteiger partial charge >= 0.3 is 0 Å². The van der Waals surface area contributed by atoms with Crippen LogP contribution in [0, 0.1) is 0 Å². The van der Waals surface area contributed by atoms with Crippen LogP contribution in [0.5, 0.6) is 0 Å². The molecule has 0 fully saturated rings. The van der Waals surface area contributed by atoms with Crippen molar-refractivity contribution in [2.45, 2.75) is 26.5 Å². The molecule has 1 aromatic rings. The van der Waals surface area contributed by atoms with Gasteiger partial charge in [0.05, 0.1) is 12.4 Å². The molecule has 0 saturated heterocycles. The minimum absolute atomic E-state index is 0.0139. The maximum atomic E-state index is 11.4. The first-order chi connectivity index (χ1) is 7.96. The first-order valence-electron chi connectivity index (χ1n) is 5.63. The maximum Gasteiger partial charge on any atom is 0.152 e. The molecule has 1 unspecified atom stereocenters. The van der Waals surface area contributed by atoms with Gasteiger partial charge in [-0.25, -0.2) is 8.42 Å². The van der Waals surface area contributed by atoms with E-state index in [1.54, 1.807) is 6.92 Å². The average Bonchev–Trinajstić information content (AvgIpc) is 2.29. The van der Waals surface area contributed by atoms with Gasteiger partial charge in [0.2, 0.25) is 0 Å². The normalized spacial score (nSPS) is 13.4. The van der Waals surface area contributed by atoms with Gasteiger partial charge in [-0.15, -0.1) is 0 Å². The van der Waals surface area contributed by atoms with Gasteiger partial charge in [-0.05, 0) is 24.6 Å². The van der Waals surface area contributed by atoms with Gasteiger partial charge in [-0.2, -0.15) is 0 Å². The first kappa shape index (κ1) is 14.0. The van der Waals surface area contributed by atoms with Gasteiger partial charge in [-0.1, -0.05) is 19.1 Å². The Bertz CT molecular complexity index is 439. The monoisotopic (exact) mass is 257 g/mol. The molecule has 17 heavy (non-hydrogen) atoms. The fourth-order valence-corrected chi connectivity index (χ4v) is 2.61. The fraction of sp³-hybridized carbons (Fsp3) is 0.500. The number of nitrogens with one attached hydrogen (secondary N) is 1. The van der Waals surface area contributed by atoms with E-state index < -0.39 is 9.84 Å². The Morgan fingerprint density at radius 2 is 1.88 bits per heavy atom. The second-order valence-corrected chi connectivity index (χ2v) is 6.50. The van der Waals surface area contributed by atoms with Crippen molar-refractivity contribution in [3.8, 4) is 0 Å². The standard InChI is InChI=1S/C12H19NO3S/c1-3-17(15,16)9-10(2)13-12-6-4-11(8-14)5-7-12/h4-7,10,13-14H,3,8-9H2,1-2H3. The van der Waals surface area contributed by atoms with Crippen molar-refractivity contribution in [1.82, 2.24) is 0 Å². The Hall–Kier alpha value is -1.07. The second kappa shape index (κ2) is 6.02. The molecule has 0 aromatic heterocycles. The third-order valence-electron chi connectivity index (χ3n) is 2.49. The summed E-state index contributed by atoms with van der Waals surface area (Å²) in [6.07, 6.45) is 0. The fourth-order valence-electron chi connectivity index (χ4n) is 1.53. The highest BCUT2D eigenvalue weighted by Gasteiger charge is 2.13. The Morgan fingerprint density at radius 1 is 1.29 bits per heavy atom. The first-order valence-corrected chi connectivity index (χ1v) is 7.45. The van der Waals surface area contributed by atoms with Crippen LogP contribution in [0.15, 0.2) is 24.3 Å². The van der Waals surface area contributed by atoms with Crippen molar-refractivity contribution >= 4 is 15.5 Å². The van der Waals surface area contributed by atoms with Crippen molar-refractivity contribution in [1.29, 1.82) is 0 Å². The summed E-state index contributed by atoms with van der Waals surface area (Å²) < 4.78 is 22.9. The van der Waals surface area contributed by atoms with Gasteiger partial charge in [0.1, 0.15) is 0 Å². The van der Waals surface area contributed by atoms with E-state index in [0.717, 1.165) is 11.3 Å². The van der Waals surface area contributed by atoms with E-state index >= 15 is 0 Å². The largest absolute Gasteiger partial charge is 0.392 e. The molecule has 0 bridgehead atoms. The van der Waals surface area contributed by atoms with Crippen LogP contribution in [0.3, 0.4) is 0 Å². The second-order valence-electron chi connectivity index (χ2n) is 4.10. The molecule has 2 N–H and O–H groups in total. The average molecular weight is 257 g/mol. The molecule has 1 atom stereocenters. The van der Waals surface area contributed by atoms with Crippen LogP contribution in [-0.4, -0.2) is 31.1 Å². The van der Waals surface area contributed by atoms with E-state index in [9.17, 15) is 8.42 Å². The van der Waals surface area contributed by atoms with Crippen LogP contribution < -0.4 is 5.32 Å². The Balaban J connectivity index is 2.59. The number of sulfone groups is 1. The smallest absolute Gasteiger partial charge is 0.152 e. The molecule has 0 amide bonds. The molecule has 4 nitrogen and oxygen atoms in total. The zero-order valence-electron chi connectivity index (χ0n) is 10.2. The Kier molecular flexibility index (Phi) is 4.96. The third-order valence-corrected chi connectivity index (χ3v) is 4.38. The van der Waals surface area contributed by atoms with Crippen LogP contribution >= 0.6 is 0 Å². The highest BCUT2D eigenvalue weighted by molar-refractivity contribution is 7.91. The summed E-state index contributed by atoms with van der Waals surface area (Å²) in [4.78, 5) is 0. The number of benzene rings is 1. The van der Waals surface area contributed by atoms with Gasteiger partial charge < -0.3 is 10.4 Å². The van der Waals surface area contributed by atoms with Gasteiger partial charge in [0, 0.05) is 17.5 Å². The molecule has 0 spiro atoms. The summed E-state index contributed by atoms with van der Waals surface area (Å²) >= 11 is 0. The molecular weight excluding hydrogens is 238 g/mol. The minimum atomic E-state index is -2.95. The number of hydrogen-bond donors (Lipinski definition) is 2. The molecule has 0 aliphatic heterocycles. The number of rotatable bonds is 6. The topological polar surface area (TPSA) is 66.4 Å². The summed E-state index contributed by atoms with van der Waals surface area (Å²) in [5, 5.41) is 12.0. The molecule has 0 saturated carbocycles. The number of hydrogen-bond acceptors (Lipinski definition) is 4. The Labute approximate surface area is 103 Å². The molecule has 0 radical (unpaired) electrons. The lowest BCUT2D eigenvalue weighted by molar-refractivity contribution is 0.282. The summed E-state index contributed by atoms with van der Waals surface area (Å²) in [7, 11) is -2.95. The van der Waals surface area contributed by atoms with Crippen molar-refractivity contribution in [2.24, 2.45) is 0 Å². The zero-order valence-corrected chi connectivity index (χ0v) is 11.0. The number of aliphatic hydroxyl groups is 1. The molecule has 0 heterocycles. The molecule has 5 heteroatoms. The van der Waals surface area contributed by atoms with E-state index in [0.29, 0.717) is 0 Å². The molecule has 96 valence electrons. The van der Waals surface area contributed by atoms with Crippen molar-refractivity contribution < 1.29 is 13.5 Å². The predicted molar refractivity (Wildman–Crippen MR) is 69.8 cm³/mol. The number of aliphatic hydroxyl groups excluding tert-OH is 1. The highest BCUT2D eigenvalue weighted by atomic mass is 32.2. The van der Waals surface area contributed by atoms with Crippen LogP contribution in [0.2, 0.25) is 0 Å². The van der Waals surface area contributed by atoms with Crippen LogP contribution in [0.1, 0.15) is 19.4 Å². The lowest BCUT2D eigenvalue weighted by Crippen LogP contribution is -2.26. The summed E-state index contributed by atoms with van der Waals surface area (Å²) in [5.74, 6) is 0.299. The van der Waals surface area contributed by atoms with Gasteiger partial charge in [0.15, 0.2) is 9.84 Å². The van der Waals surface area contributed by atoms with Crippen molar-refractivity contribution in [3.05, 3.63) is 29.8 Å². The van der Waals surface area contributed by atoms with E-state index in [4.69, 9.17) is 5.11 Å². The van der Waals surface area contributed by atoms with Crippen LogP contribution in [0.25, 0.3) is 0 Å². The van der Waals surface area contributed by atoms with E-state index in [1.165, 1.54) is 0 Å². The third kappa shape index (κ3) is 4.75. The summed E-state index contributed by atoms with van der Waals surface area (Å²) in [6.45, 7) is 3.51. The van der Waals surface area contributed by atoms with E-state index in [1.807, 2.05) is 31.2 Å². The molecule has 0 aliphatic carbocycles. The van der Waals surface area contributed by atoms with Crippen LogP contribution in [-0.2, 0) is 16.4 Å². The lowest BCUT2D eigenvalue weighted by atomic mass is 10.2. The summed E-state index contributed by atoms with van der Waals surface area (Å²) in [5.41, 5.74) is 1.70. The van der Waals surface area contributed by atoms with Crippen LogP contribution in [0.4, 0.5) is 5.69 Å². The lowest BCUT2D eigenvalue weighted by Gasteiger charge is -2.15. The maximum absolute atomic E-state index is 11.4. The van der Waals surface area contributed by atoms with Gasteiger partial charge in [0.25, 0.3) is 0 Å². The molecule has 1 rings (SSSR count). The quantitative estimate of drug-likeness (QED) is 0.808. The Morgan fingerprint density at radius 3 is 2.35 bits per heavy atom. The SMILES string of the molecule is CCS(=O)(=O)CC(C)Nc1ccc(CO)cc1. The number of anilines is 1. The van der Waals surface area contributed by atoms with Crippen molar-refractivity contribution in [2.75, 3.05) is 16.8 Å². The summed E-state index contributed by atoms with van der Waals surface area (Å²) in [6, 6.07) is 7.16. The van der Waals surface area contributed by atoms with E-state index in [2.05, 4.69) is 5.32 Å². The molecule has 0 aliphatic rings. The van der Waals surface area contributed by atoms with Gasteiger partial charge in [-0.3, -0.25) is 0 Å². The minimum Gasteiger partial charge on any atom is -0.392 e. The van der Waals surface area contributed by atoms with E-state index in [-0.39, 0.29) is 24.2 Å². The molecular formula is C12H19NO3S. The zero-order chi connectivity index (χ0) is 12.9. The molecule has 1 aromatic carbocycles. The highest BCUT2D eigenvalue weighted by Crippen LogP contribution is 2.11. The van der Waals surface area contributed by atoms with Crippen molar-refractivity contribution in [3.63, 3.8) is 0 Å².